The number of benzene rings is 3. The molecule has 0 aromatic heterocycles. The lowest BCUT2D eigenvalue weighted by atomic mass is 10.1. The van der Waals surface area contributed by atoms with Crippen LogP contribution in [0.3, 0.4) is 0 Å². The highest BCUT2D eigenvalue weighted by Crippen LogP contribution is 2.44. The van der Waals surface area contributed by atoms with Gasteiger partial charge >= 0.3 is 0 Å². The number of hydrogen-bond acceptors (Lipinski definition) is 6. The van der Waals surface area contributed by atoms with Gasteiger partial charge in [-0.05, 0) is 54.1 Å². The van der Waals surface area contributed by atoms with Crippen LogP contribution in [0.4, 0.5) is 11.4 Å². The molecular weight excluding hydrogens is 432 g/mol. The van der Waals surface area contributed by atoms with Crippen molar-refractivity contribution < 1.29 is 14.3 Å². The zero-order valence-corrected chi connectivity index (χ0v) is 19.4. The lowest BCUT2D eigenvalue weighted by Gasteiger charge is -2.27. The number of nitrogens with one attached hydrogen (secondary N) is 1. The number of para-hydroxylation sites is 1. The maximum absolute atomic E-state index is 12.9. The van der Waals surface area contributed by atoms with E-state index in [0.717, 1.165) is 66.0 Å². The molecule has 2 aliphatic rings. The van der Waals surface area contributed by atoms with Gasteiger partial charge in [-0.2, -0.15) is 0 Å². The number of nitrogens with zero attached hydrogens (tertiary/aromatic N) is 1. The third-order valence-corrected chi connectivity index (χ3v) is 7.02. The van der Waals surface area contributed by atoms with Crippen molar-refractivity contribution >= 4 is 35.0 Å². The first-order valence-corrected chi connectivity index (χ1v) is 11.9. The van der Waals surface area contributed by atoms with Crippen LogP contribution < -0.4 is 10.1 Å². The quantitative estimate of drug-likeness (QED) is 0.298. The minimum absolute atomic E-state index is 0.0194. The van der Waals surface area contributed by atoms with Crippen LogP contribution in [0.15, 0.2) is 76.5 Å². The normalized spacial score (nSPS) is 15.5. The molecule has 5 nitrogen and oxygen atoms in total. The summed E-state index contributed by atoms with van der Waals surface area (Å²) in [6, 6.07) is 20.1. The van der Waals surface area contributed by atoms with E-state index in [9.17, 15) is 4.79 Å². The first-order chi connectivity index (χ1) is 16.2. The number of rotatable bonds is 6. The molecule has 6 heteroatoms. The summed E-state index contributed by atoms with van der Waals surface area (Å²) in [4.78, 5) is 17.6. The Morgan fingerprint density at radius 2 is 1.88 bits per heavy atom. The van der Waals surface area contributed by atoms with Crippen molar-refractivity contribution in [2.24, 2.45) is 0 Å². The number of ketones is 1. The van der Waals surface area contributed by atoms with Gasteiger partial charge in [-0.1, -0.05) is 36.0 Å². The summed E-state index contributed by atoms with van der Waals surface area (Å²) in [6.45, 7) is 4.15. The number of morpholine rings is 1. The summed E-state index contributed by atoms with van der Waals surface area (Å²) in [5.41, 5.74) is 4.80. The number of fused-ring (bicyclic) bond motifs is 2. The third kappa shape index (κ3) is 4.98. The van der Waals surface area contributed by atoms with Crippen molar-refractivity contribution in [1.29, 1.82) is 0 Å². The van der Waals surface area contributed by atoms with Crippen LogP contribution in [0.25, 0.3) is 6.08 Å². The van der Waals surface area contributed by atoms with Gasteiger partial charge in [0.1, 0.15) is 5.75 Å². The summed E-state index contributed by atoms with van der Waals surface area (Å²) < 4.78 is 11.0. The van der Waals surface area contributed by atoms with Crippen LogP contribution in [0.2, 0.25) is 0 Å². The fraction of sp³-hybridized carbons (Fsp3) is 0.222. The van der Waals surface area contributed by atoms with Crippen molar-refractivity contribution in [3.05, 3.63) is 83.4 Å². The molecule has 1 N–H and O–H groups in total. The molecule has 2 heterocycles. The van der Waals surface area contributed by atoms with Gasteiger partial charge in [0.25, 0.3) is 0 Å². The Morgan fingerprint density at radius 3 is 2.73 bits per heavy atom. The number of anilines is 2. The monoisotopic (exact) mass is 458 g/mol. The molecule has 168 valence electrons. The summed E-state index contributed by atoms with van der Waals surface area (Å²) in [6.07, 6.45) is 3.52. The Bertz CT molecular complexity index is 1200. The van der Waals surface area contributed by atoms with Gasteiger partial charge in [-0.25, -0.2) is 0 Å². The molecular formula is C27H26N2O3S. The largest absolute Gasteiger partial charge is 0.496 e. The molecule has 0 saturated carbocycles. The highest BCUT2D eigenvalue weighted by atomic mass is 32.2. The lowest BCUT2D eigenvalue weighted by Crippen LogP contribution is -2.35. The van der Waals surface area contributed by atoms with Crippen molar-refractivity contribution in [3.63, 3.8) is 0 Å². The predicted molar refractivity (Wildman–Crippen MR) is 133 cm³/mol. The molecule has 0 bridgehead atoms. The first-order valence-electron chi connectivity index (χ1n) is 11.1. The van der Waals surface area contributed by atoms with E-state index in [2.05, 4.69) is 28.4 Å². The SMILES string of the molecule is COc1ccc(/C=C/C(=O)c2ccc3c(c2)Nc2ccccc2S3)cc1CN1CCOCC1. The average Bonchev–Trinajstić information content (AvgIpc) is 2.86. The molecule has 33 heavy (non-hydrogen) atoms. The minimum Gasteiger partial charge on any atom is -0.496 e. The molecule has 3 aromatic rings. The molecule has 3 aromatic carbocycles. The Kier molecular flexibility index (Phi) is 6.48. The molecule has 0 unspecified atom stereocenters. The Labute approximate surface area is 198 Å². The summed E-state index contributed by atoms with van der Waals surface area (Å²) in [5.74, 6) is 0.845. The number of carbonyl (C=O) groups excluding carboxylic acids is 1. The standard InChI is InChI=1S/C27H26N2O3S/c1-31-25-10-7-19(16-21(25)18-29-12-14-32-15-13-29)6-9-24(30)20-8-11-27-23(17-20)28-22-4-2-3-5-26(22)33-27/h2-11,16-17,28H,12-15,18H2,1H3/b9-6+. The second-order valence-corrected chi connectivity index (χ2v) is 9.18. The van der Waals surface area contributed by atoms with Crippen molar-refractivity contribution in [3.8, 4) is 5.75 Å². The van der Waals surface area contributed by atoms with Crippen LogP contribution in [-0.4, -0.2) is 44.1 Å². The zero-order valence-electron chi connectivity index (χ0n) is 18.5. The third-order valence-electron chi connectivity index (χ3n) is 5.87. The number of methoxy groups -OCH3 is 1. The number of carbonyl (C=O) groups is 1. The van der Waals surface area contributed by atoms with E-state index >= 15 is 0 Å². The van der Waals surface area contributed by atoms with Gasteiger partial charge in [0.15, 0.2) is 5.78 Å². The van der Waals surface area contributed by atoms with Gasteiger partial charge in [0.2, 0.25) is 0 Å². The fourth-order valence-corrected chi connectivity index (χ4v) is 5.06. The van der Waals surface area contributed by atoms with Crippen molar-refractivity contribution in [2.75, 3.05) is 38.7 Å². The highest BCUT2D eigenvalue weighted by molar-refractivity contribution is 7.99. The maximum Gasteiger partial charge on any atom is 0.185 e. The summed E-state index contributed by atoms with van der Waals surface area (Å²) in [5, 5.41) is 3.44. The van der Waals surface area contributed by atoms with Crippen molar-refractivity contribution in [2.45, 2.75) is 16.3 Å². The molecule has 0 atom stereocenters. The van der Waals surface area contributed by atoms with E-state index in [1.54, 1.807) is 24.9 Å². The minimum atomic E-state index is -0.0194. The predicted octanol–water partition coefficient (Wildman–Crippen LogP) is 5.63. The average molecular weight is 459 g/mol. The van der Waals surface area contributed by atoms with Crippen LogP contribution >= 0.6 is 11.8 Å². The van der Waals surface area contributed by atoms with E-state index in [1.165, 1.54) is 4.90 Å². The van der Waals surface area contributed by atoms with Crippen LogP contribution in [0, 0.1) is 0 Å². The van der Waals surface area contributed by atoms with Gasteiger partial charge < -0.3 is 14.8 Å². The molecule has 0 radical (unpaired) electrons. The van der Waals surface area contributed by atoms with Gasteiger partial charge in [-0.3, -0.25) is 9.69 Å². The first kappa shape index (κ1) is 21.8. The van der Waals surface area contributed by atoms with Crippen LogP contribution in [-0.2, 0) is 11.3 Å². The fourth-order valence-electron chi connectivity index (χ4n) is 4.09. The summed E-state index contributed by atoms with van der Waals surface area (Å²) >= 11 is 1.72. The van der Waals surface area contributed by atoms with Gasteiger partial charge in [0.05, 0.1) is 31.7 Å². The highest BCUT2D eigenvalue weighted by Gasteiger charge is 2.17. The Morgan fingerprint density at radius 1 is 1.06 bits per heavy atom. The topological polar surface area (TPSA) is 50.8 Å². The summed E-state index contributed by atoms with van der Waals surface area (Å²) in [7, 11) is 1.69. The molecule has 2 aliphatic heterocycles. The van der Waals surface area contributed by atoms with E-state index in [-0.39, 0.29) is 5.78 Å². The molecule has 0 spiro atoms. The maximum atomic E-state index is 12.9. The van der Waals surface area contributed by atoms with Crippen molar-refractivity contribution in [1.82, 2.24) is 4.90 Å². The van der Waals surface area contributed by atoms with E-state index in [0.29, 0.717) is 5.56 Å². The van der Waals surface area contributed by atoms with Crippen LogP contribution in [0.5, 0.6) is 5.75 Å². The molecule has 5 rings (SSSR count). The number of hydrogen-bond donors (Lipinski definition) is 1. The molecule has 1 fully saturated rings. The Hall–Kier alpha value is -3.06. The van der Waals surface area contributed by atoms with E-state index in [4.69, 9.17) is 9.47 Å². The lowest BCUT2D eigenvalue weighted by molar-refractivity contribution is 0.0339. The van der Waals surface area contributed by atoms with E-state index < -0.39 is 0 Å². The molecule has 1 saturated heterocycles. The zero-order chi connectivity index (χ0) is 22.6. The van der Waals surface area contributed by atoms with Gasteiger partial charge in [0, 0.05) is 40.6 Å². The number of ether oxygens (including phenoxy) is 2. The smallest absolute Gasteiger partial charge is 0.185 e. The number of allylic oxidation sites excluding steroid dienone is 1. The molecule has 0 aliphatic carbocycles. The van der Waals surface area contributed by atoms with Gasteiger partial charge in [-0.15, -0.1) is 0 Å². The van der Waals surface area contributed by atoms with E-state index in [1.807, 2.05) is 48.5 Å². The Balaban J connectivity index is 1.31. The molecule has 0 amide bonds. The second kappa shape index (κ2) is 9.83. The van der Waals surface area contributed by atoms with Crippen LogP contribution in [0.1, 0.15) is 21.5 Å². The second-order valence-electron chi connectivity index (χ2n) is 8.09.